The number of alkyl halides is 3. The smallest absolute Gasteiger partial charge is 0.394 e. The van der Waals surface area contributed by atoms with Crippen molar-refractivity contribution in [1.82, 2.24) is 19.7 Å². The van der Waals surface area contributed by atoms with Gasteiger partial charge in [0.2, 0.25) is 0 Å². The first-order chi connectivity index (χ1) is 15.7. The zero-order valence-corrected chi connectivity index (χ0v) is 18.1. The van der Waals surface area contributed by atoms with Gasteiger partial charge in [-0.05, 0) is 48.9 Å². The van der Waals surface area contributed by atoms with Gasteiger partial charge < -0.3 is 15.2 Å². The topological polar surface area (TPSA) is 81.3 Å². The standard InChI is InChI=1S/C23H23F3N4O3/c1-29-12-19-18-11-14(22(32)27-16(13-31)9-10-33-2)3-8-20(18)30(21(19)28-29)17-6-4-15(5-7-17)23(24,25)26/h3-8,11-12,16,31H,9-10,13H2,1-2H3,(H,27,32)/t16-/m1/s1. The van der Waals surface area contributed by atoms with Gasteiger partial charge in [-0.1, -0.05) is 0 Å². The molecule has 33 heavy (non-hydrogen) atoms. The van der Waals surface area contributed by atoms with Crippen molar-refractivity contribution >= 4 is 27.8 Å². The minimum Gasteiger partial charge on any atom is -0.394 e. The van der Waals surface area contributed by atoms with E-state index in [9.17, 15) is 23.1 Å². The predicted molar refractivity (Wildman–Crippen MR) is 117 cm³/mol. The van der Waals surface area contributed by atoms with Crippen LogP contribution in [0.5, 0.6) is 0 Å². The number of carbonyl (C=O) groups excluding carboxylic acids is 1. The highest BCUT2D eigenvalue weighted by Crippen LogP contribution is 2.34. The molecule has 0 unspecified atom stereocenters. The molecule has 0 spiro atoms. The Morgan fingerprint density at radius 3 is 2.55 bits per heavy atom. The first-order valence-electron chi connectivity index (χ1n) is 10.3. The monoisotopic (exact) mass is 460 g/mol. The molecule has 0 fully saturated rings. The number of hydrogen-bond acceptors (Lipinski definition) is 4. The normalized spacial score (nSPS) is 13.0. The Balaban J connectivity index is 1.76. The van der Waals surface area contributed by atoms with Crippen LogP contribution < -0.4 is 5.32 Å². The van der Waals surface area contributed by atoms with Gasteiger partial charge in [-0.3, -0.25) is 14.0 Å². The van der Waals surface area contributed by atoms with Crippen LogP contribution in [-0.2, 0) is 18.0 Å². The number of halogens is 3. The average molecular weight is 460 g/mol. The van der Waals surface area contributed by atoms with Crippen molar-refractivity contribution < 1.29 is 27.8 Å². The van der Waals surface area contributed by atoms with Gasteiger partial charge in [-0.15, -0.1) is 0 Å². The Morgan fingerprint density at radius 2 is 1.91 bits per heavy atom. The molecule has 1 atom stereocenters. The van der Waals surface area contributed by atoms with Crippen molar-refractivity contribution in [2.45, 2.75) is 18.6 Å². The maximum absolute atomic E-state index is 13.0. The fourth-order valence-electron chi connectivity index (χ4n) is 3.83. The fraction of sp³-hybridized carbons (Fsp3) is 0.304. The highest BCUT2D eigenvalue weighted by Gasteiger charge is 2.30. The Morgan fingerprint density at radius 1 is 1.18 bits per heavy atom. The van der Waals surface area contributed by atoms with E-state index in [0.29, 0.717) is 35.4 Å². The van der Waals surface area contributed by atoms with Crippen LogP contribution in [0.4, 0.5) is 13.2 Å². The summed E-state index contributed by atoms with van der Waals surface area (Å²) in [6, 6.07) is 9.54. The number of amides is 1. The quantitative estimate of drug-likeness (QED) is 0.441. The summed E-state index contributed by atoms with van der Waals surface area (Å²) in [6.45, 7) is 0.186. The summed E-state index contributed by atoms with van der Waals surface area (Å²) < 4.78 is 47.4. The molecule has 0 saturated heterocycles. The number of methoxy groups -OCH3 is 1. The molecule has 4 aromatic rings. The molecule has 1 amide bonds. The first-order valence-corrected chi connectivity index (χ1v) is 10.3. The number of aryl methyl sites for hydroxylation is 1. The number of benzene rings is 2. The van der Waals surface area contributed by atoms with E-state index in [1.807, 2.05) is 0 Å². The van der Waals surface area contributed by atoms with Crippen LogP contribution >= 0.6 is 0 Å². The van der Waals surface area contributed by atoms with E-state index in [2.05, 4.69) is 10.4 Å². The van der Waals surface area contributed by atoms with Crippen molar-refractivity contribution in [1.29, 1.82) is 0 Å². The van der Waals surface area contributed by atoms with Crippen molar-refractivity contribution in [3.05, 3.63) is 59.8 Å². The molecule has 0 aliphatic carbocycles. The molecule has 7 nitrogen and oxygen atoms in total. The summed E-state index contributed by atoms with van der Waals surface area (Å²) in [6.07, 6.45) is -2.15. The van der Waals surface area contributed by atoms with Gasteiger partial charge in [0.1, 0.15) is 0 Å². The highest BCUT2D eigenvalue weighted by atomic mass is 19.4. The molecular formula is C23H23F3N4O3. The molecule has 10 heteroatoms. The molecule has 4 rings (SSSR count). The third-order valence-corrected chi connectivity index (χ3v) is 5.49. The lowest BCUT2D eigenvalue weighted by Crippen LogP contribution is -2.38. The maximum atomic E-state index is 13.0. The summed E-state index contributed by atoms with van der Waals surface area (Å²) >= 11 is 0. The molecule has 2 aromatic heterocycles. The SMILES string of the molecule is COCC[C@H](CO)NC(=O)c1ccc2c(c1)c1cn(C)nc1n2-c1ccc(C(F)(F)F)cc1. The van der Waals surface area contributed by atoms with E-state index >= 15 is 0 Å². The zero-order chi connectivity index (χ0) is 23.8. The van der Waals surface area contributed by atoms with Crippen LogP contribution in [-0.4, -0.2) is 51.7 Å². The van der Waals surface area contributed by atoms with E-state index in [4.69, 9.17) is 4.74 Å². The summed E-state index contributed by atoms with van der Waals surface area (Å²) in [7, 11) is 3.30. The molecule has 2 aromatic carbocycles. The Labute approximate surface area is 187 Å². The van der Waals surface area contributed by atoms with Gasteiger partial charge >= 0.3 is 6.18 Å². The lowest BCUT2D eigenvalue weighted by Gasteiger charge is -2.16. The number of rotatable bonds is 7. The van der Waals surface area contributed by atoms with Crippen LogP contribution in [0.25, 0.3) is 27.6 Å². The fourth-order valence-corrected chi connectivity index (χ4v) is 3.83. The van der Waals surface area contributed by atoms with Crippen molar-refractivity contribution in [3.8, 4) is 5.69 Å². The Bertz CT molecular complexity index is 1290. The van der Waals surface area contributed by atoms with Crippen LogP contribution in [0.2, 0.25) is 0 Å². The van der Waals surface area contributed by atoms with E-state index < -0.39 is 17.8 Å². The molecule has 2 heterocycles. The summed E-state index contributed by atoms with van der Waals surface area (Å²) in [5.74, 6) is -0.341. The number of ether oxygens (including phenoxy) is 1. The summed E-state index contributed by atoms with van der Waals surface area (Å²) in [4.78, 5) is 12.8. The second-order valence-electron chi connectivity index (χ2n) is 7.79. The minimum atomic E-state index is -4.42. The number of carbonyl (C=O) groups is 1. The zero-order valence-electron chi connectivity index (χ0n) is 18.1. The summed E-state index contributed by atoms with van der Waals surface area (Å²) in [5, 5.41) is 18.3. The van der Waals surface area contributed by atoms with Crippen LogP contribution in [0.15, 0.2) is 48.7 Å². The molecular weight excluding hydrogens is 437 g/mol. The van der Waals surface area contributed by atoms with Gasteiger partial charge in [0, 0.05) is 49.0 Å². The molecule has 0 saturated carbocycles. The first kappa shape index (κ1) is 22.8. The summed E-state index contributed by atoms with van der Waals surface area (Å²) in [5.41, 5.74) is 1.47. The number of hydrogen-bond donors (Lipinski definition) is 2. The molecule has 0 aliphatic rings. The highest BCUT2D eigenvalue weighted by molar-refractivity contribution is 6.10. The molecule has 2 N–H and O–H groups in total. The van der Waals surface area contributed by atoms with Gasteiger partial charge in [-0.2, -0.15) is 18.3 Å². The molecule has 0 aliphatic heterocycles. The average Bonchev–Trinajstić information content (AvgIpc) is 3.30. The Hall–Kier alpha value is -3.37. The number of fused-ring (bicyclic) bond motifs is 3. The third kappa shape index (κ3) is 4.44. The van der Waals surface area contributed by atoms with E-state index in [-0.39, 0.29) is 12.5 Å². The van der Waals surface area contributed by atoms with Gasteiger partial charge in [0.05, 0.1) is 23.7 Å². The van der Waals surface area contributed by atoms with Gasteiger partial charge in [-0.25, -0.2) is 0 Å². The van der Waals surface area contributed by atoms with Crippen molar-refractivity contribution in [3.63, 3.8) is 0 Å². The van der Waals surface area contributed by atoms with Crippen molar-refractivity contribution in [2.75, 3.05) is 20.3 Å². The molecule has 0 bridgehead atoms. The molecule has 0 radical (unpaired) electrons. The largest absolute Gasteiger partial charge is 0.416 e. The predicted octanol–water partition coefficient (Wildman–Crippen LogP) is 3.66. The number of aliphatic hydroxyl groups excluding tert-OH is 1. The van der Waals surface area contributed by atoms with Crippen LogP contribution in [0, 0.1) is 0 Å². The molecule has 174 valence electrons. The van der Waals surface area contributed by atoms with E-state index in [0.717, 1.165) is 22.9 Å². The van der Waals surface area contributed by atoms with Gasteiger partial charge in [0.15, 0.2) is 5.65 Å². The number of aromatic nitrogens is 3. The number of nitrogens with one attached hydrogen (secondary N) is 1. The number of nitrogens with zero attached hydrogens (tertiary/aromatic N) is 3. The maximum Gasteiger partial charge on any atom is 0.416 e. The van der Waals surface area contributed by atoms with Crippen LogP contribution in [0.3, 0.4) is 0 Å². The second kappa shape index (κ2) is 8.87. The Kier molecular flexibility index (Phi) is 6.13. The van der Waals surface area contributed by atoms with Crippen LogP contribution in [0.1, 0.15) is 22.3 Å². The number of aliphatic hydroxyl groups is 1. The van der Waals surface area contributed by atoms with Crippen molar-refractivity contribution in [2.24, 2.45) is 7.05 Å². The lowest BCUT2D eigenvalue weighted by atomic mass is 10.1. The van der Waals surface area contributed by atoms with E-state index in [1.165, 1.54) is 12.1 Å². The third-order valence-electron chi connectivity index (χ3n) is 5.49. The lowest BCUT2D eigenvalue weighted by molar-refractivity contribution is -0.137. The second-order valence-corrected chi connectivity index (χ2v) is 7.79. The van der Waals surface area contributed by atoms with Gasteiger partial charge in [0.25, 0.3) is 5.91 Å². The minimum absolute atomic E-state index is 0.214. The van der Waals surface area contributed by atoms with E-state index in [1.54, 1.807) is 47.8 Å².